The Labute approximate surface area is 97.9 Å². The van der Waals surface area contributed by atoms with Gasteiger partial charge in [-0.25, -0.2) is 0 Å². The molecule has 2 heteroatoms. The van der Waals surface area contributed by atoms with E-state index >= 15 is 0 Å². The molecule has 16 heavy (non-hydrogen) atoms. The van der Waals surface area contributed by atoms with Crippen LogP contribution in [0.1, 0.15) is 38.2 Å². The lowest BCUT2D eigenvalue weighted by molar-refractivity contribution is 0.367. The zero-order chi connectivity index (χ0) is 11.6. The number of hydrogen-bond acceptors (Lipinski definition) is 2. The van der Waals surface area contributed by atoms with Crippen molar-refractivity contribution in [2.75, 3.05) is 6.61 Å². The maximum Gasteiger partial charge on any atom is 0.174 e. The fourth-order valence-corrected chi connectivity index (χ4v) is 1.66. The van der Waals surface area contributed by atoms with Crippen LogP contribution in [-0.4, -0.2) is 6.61 Å². The fourth-order valence-electron chi connectivity index (χ4n) is 1.66. The molecular weight excluding hydrogens is 198 g/mol. The van der Waals surface area contributed by atoms with E-state index in [2.05, 4.69) is 13.0 Å². The number of rotatable bonds is 7. The molecular formula is C14H19NO. The quantitative estimate of drug-likeness (QED) is 0.652. The summed E-state index contributed by atoms with van der Waals surface area (Å²) >= 11 is 0. The average molecular weight is 217 g/mol. The number of nitriles is 1. The third kappa shape index (κ3) is 4.84. The summed E-state index contributed by atoms with van der Waals surface area (Å²) in [5.41, 5.74) is 1.30. The molecule has 0 amide bonds. The van der Waals surface area contributed by atoms with Gasteiger partial charge in [-0.15, -0.1) is 0 Å². The van der Waals surface area contributed by atoms with Crippen molar-refractivity contribution in [1.82, 2.24) is 0 Å². The van der Waals surface area contributed by atoms with Crippen LogP contribution in [0.2, 0.25) is 0 Å². The Balaban J connectivity index is 2.38. The molecule has 2 nitrogen and oxygen atoms in total. The van der Waals surface area contributed by atoms with Crippen molar-refractivity contribution in [3.63, 3.8) is 0 Å². The largest absolute Gasteiger partial charge is 0.479 e. The minimum Gasteiger partial charge on any atom is -0.479 e. The summed E-state index contributed by atoms with van der Waals surface area (Å²) in [4.78, 5) is 0. The highest BCUT2D eigenvalue weighted by molar-refractivity contribution is 5.28. The molecule has 0 atom stereocenters. The molecule has 0 fully saturated rings. The van der Waals surface area contributed by atoms with E-state index in [1.165, 1.54) is 31.2 Å². The van der Waals surface area contributed by atoms with Crippen molar-refractivity contribution in [3.05, 3.63) is 29.8 Å². The molecule has 0 N–H and O–H groups in total. The van der Waals surface area contributed by atoms with Crippen LogP contribution in [-0.2, 0) is 6.42 Å². The maximum absolute atomic E-state index is 8.42. The van der Waals surface area contributed by atoms with E-state index in [9.17, 15) is 0 Å². The third-order valence-corrected chi connectivity index (χ3v) is 2.52. The van der Waals surface area contributed by atoms with E-state index < -0.39 is 0 Å². The zero-order valence-corrected chi connectivity index (χ0v) is 9.91. The topological polar surface area (TPSA) is 33.0 Å². The average Bonchev–Trinajstić information content (AvgIpc) is 2.33. The molecule has 0 aliphatic heterocycles. The number of hydrogen-bond donors (Lipinski definition) is 0. The molecule has 86 valence electrons. The van der Waals surface area contributed by atoms with Crippen LogP contribution < -0.4 is 4.74 Å². The molecule has 0 unspecified atom stereocenters. The fraction of sp³-hybridized carbons (Fsp3) is 0.500. The summed E-state index contributed by atoms with van der Waals surface area (Å²) in [6.45, 7) is 2.34. The molecule has 0 saturated carbocycles. The third-order valence-electron chi connectivity index (χ3n) is 2.52. The lowest BCUT2D eigenvalue weighted by Gasteiger charge is -2.05. The van der Waals surface area contributed by atoms with Crippen LogP contribution in [0, 0.1) is 11.3 Å². The predicted molar refractivity (Wildman–Crippen MR) is 65.4 cm³/mol. The molecule has 0 bridgehead atoms. The lowest BCUT2D eigenvalue weighted by atomic mass is 10.1. The summed E-state index contributed by atoms with van der Waals surface area (Å²) in [6.07, 6.45) is 6.20. The van der Waals surface area contributed by atoms with Gasteiger partial charge in [0.15, 0.2) is 6.61 Å². The highest BCUT2D eigenvalue weighted by Crippen LogP contribution is 2.15. The van der Waals surface area contributed by atoms with Crippen LogP contribution in [0.4, 0.5) is 0 Å². The van der Waals surface area contributed by atoms with Crippen LogP contribution >= 0.6 is 0 Å². The summed E-state index contributed by atoms with van der Waals surface area (Å²) in [5, 5.41) is 8.42. The normalized spacial score (nSPS) is 9.75. The van der Waals surface area contributed by atoms with Crippen molar-refractivity contribution in [3.8, 4) is 11.8 Å². The Kier molecular flexibility index (Phi) is 6.10. The Morgan fingerprint density at radius 3 is 2.88 bits per heavy atom. The van der Waals surface area contributed by atoms with Gasteiger partial charge in [0, 0.05) is 0 Å². The van der Waals surface area contributed by atoms with Gasteiger partial charge in [0.05, 0.1) is 0 Å². The smallest absolute Gasteiger partial charge is 0.174 e. The number of unbranched alkanes of at least 4 members (excludes halogenated alkanes) is 3. The summed E-state index contributed by atoms with van der Waals surface area (Å²) < 4.78 is 5.26. The maximum atomic E-state index is 8.42. The Hall–Kier alpha value is -1.49. The van der Waals surface area contributed by atoms with E-state index in [4.69, 9.17) is 10.00 Å². The predicted octanol–water partition coefficient (Wildman–Crippen LogP) is 3.71. The second kappa shape index (κ2) is 7.76. The number of nitrogens with zero attached hydrogens (tertiary/aromatic N) is 1. The molecule has 0 saturated heterocycles. The number of benzene rings is 1. The first-order chi connectivity index (χ1) is 7.86. The van der Waals surface area contributed by atoms with E-state index in [1.54, 1.807) is 0 Å². The number of ether oxygens (including phenoxy) is 1. The van der Waals surface area contributed by atoms with Gasteiger partial charge in [-0.1, -0.05) is 38.3 Å². The lowest BCUT2D eigenvalue weighted by Crippen LogP contribution is -1.94. The van der Waals surface area contributed by atoms with Gasteiger partial charge in [0.25, 0.3) is 0 Å². The van der Waals surface area contributed by atoms with Crippen molar-refractivity contribution in [2.24, 2.45) is 0 Å². The van der Waals surface area contributed by atoms with Crippen LogP contribution in [0.25, 0.3) is 0 Å². The van der Waals surface area contributed by atoms with Crippen LogP contribution in [0.15, 0.2) is 24.3 Å². The van der Waals surface area contributed by atoms with E-state index in [-0.39, 0.29) is 6.61 Å². The summed E-state index contributed by atoms with van der Waals surface area (Å²) in [6, 6.07) is 10.0. The van der Waals surface area contributed by atoms with Crippen molar-refractivity contribution in [1.29, 1.82) is 5.26 Å². The van der Waals surface area contributed by atoms with Crippen molar-refractivity contribution in [2.45, 2.75) is 39.0 Å². The van der Waals surface area contributed by atoms with Gasteiger partial charge in [-0.05, 0) is 30.5 Å². The van der Waals surface area contributed by atoms with Crippen molar-refractivity contribution < 1.29 is 4.74 Å². The Bertz CT molecular complexity index is 341. The minimum absolute atomic E-state index is 0.124. The summed E-state index contributed by atoms with van der Waals surface area (Å²) in [5.74, 6) is 0.801. The van der Waals surface area contributed by atoms with Gasteiger partial charge < -0.3 is 4.74 Å². The molecule has 1 aromatic carbocycles. The first kappa shape index (κ1) is 12.6. The standard InChI is InChI=1S/C14H19NO/c1-2-3-4-5-7-13-8-6-9-14(12-13)16-11-10-15/h6,8-9,12H,2-5,7,11H2,1H3. The first-order valence-corrected chi connectivity index (χ1v) is 5.95. The van der Waals surface area contributed by atoms with E-state index in [0.717, 1.165) is 12.2 Å². The molecule has 0 spiro atoms. The van der Waals surface area contributed by atoms with Crippen LogP contribution in [0.3, 0.4) is 0 Å². The monoisotopic (exact) mass is 217 g/mol. The highest BCUT2D eigenvalue weighted by atomic mass is 16.5. The molecule has 0 heterocycles. The molecule has 0 aliphatic carbocycles. The van der Waals surface area contributed by atoms with E-state index in [0.29, 0.717) is 0 Å². The van der Waals surface area contributed by atoms with Gasteiger partial charge in [-0.3, -0.25) is 0 Å². The molecule has 1 aromatic rings. The minimum atomic E-state index is 0.124. The Morgan fingerprint density at radius 2 is 2.12 bits per heavy atom. The first-order valence-electron chi connectivity index (χ1n) is 5.95. The SMILES string of the molecule is CCCCCCc1cccc(OCC#N)c1. The number of aryl methyl sites for hydroxylation is 1. The van der Waals surface area contributed by atoms with Gasteiger partial charge in [0.1, 0.15) is 11.8 Å². The van der Waals surface area contributed by atoms with Crippen LogP contribution in [0.5, 0.6) is 5.75 Å². The van der Waals surface area contributed by atoms with Crippen molar-refractivity contribution >= 4 is 0 Å². The molecule has 1 rings (SSSR count). The van der Waals surface area contributed by atoms with Gasteiger partial charge >= 0.3 is 0 Å². The molecule has 0 aromatic heterocycles. The Morgan fingerprint density at radius 1 is 1.25 bits per heavy atom. The summed E-state index contributed by atoms with van der Waals surface area (Å²) in [7, 11) is 0. The van der Waals surface area contributed by atoms with Gasteiger partial charge in [0.2, 0.25) is 0 Å². The molecule has 0 aliphatic rings. The highest BCUT2D eigenvalue weighted by Gasteiger charge is 1.97. The molecule has 0 radical (unpaired) electrons. The second-order valence-corrected chi connectivity index (χ2v) is 3.90. The van der Waals surface area contributed by atoms with Gasteiger partial charge in [-0.2, -0.15) is 5.26 Å². The van der Waals surface area contributed by atoms with E-state index in [1.807, 2.05) is 24.3 Å². The second-order valence-electron chi connectivity index (χ2n) is 3.90. The zero-order valence-electron chi connectivity index (χ0n) is 9.91.